The van der Waals surface area contributed by atoms with E-state index in [2.05, 4.69) is 39.2 Å². The number of carboxylic acids is 2. The van der Waals surface area contributed by atoms with Crippen LogP contribution in [-0.4, -0.2) is 242 Å². The number of carbonyl (C=O) groups excluding carboxylic acids is 5. The van der Waals surface area contributed by atoms with E-state index < -0.39 is 183 Å². The quantitative estimate of drug-likeness (QED) is 0.0427. The molecule has 4 saturated heterocycles. The van der Waals surface area contributed by atoms with Gasteiger partial charge in [0.15, 0.2) is 31.1 Å². The second-order valence-electron chi connectivity index (χ2n) is 17.6. The second-order valence-corrected chi connectivity index (χ2v) is 17.9. The van der Waals surface area contributed by atoms with Crippen molar-refractivity contribution in [3.8, 4) is 0 Å². The fraction of sp³-hybridized carbons (Fsp3) is 0.698. The molecule has 4 fully saturated rings. The van der Waals surface area contributed by atoms with E-state index in [4.69, 9.17) is 37.9 Å². The molecule has 5 rings (SSSR count). The predicted molar refractivity (Wildman–Crippen MR) is 242 cm³/mol. The summed E-state index contributed by atoms with van der Waals surface area (Å²) >= 11 is 4.13. The zero-order valence-electron chi connectivity index (χ0n) is 39.6. The van der Waals surface area contributed by atoms with Crippen molar-refractivity contribution in [1.82, 2.24) is 26.6 Å². The Morgan fingerprint density at radius 2 is 1.18 bits per heavy atom. The first-order chi connectivity index (χ1) is 34.5. The summed E-state index contributed by atoms with van der Waals surface area (Å²) in [6.07, 6.45) is -33.6. The molecule has 1 aromatic rings. The van der Waals surface area contributed by atoms with Gasteiger partial charge in [-0.05, 0) is 19.1 Å². The van der Waals surface area contributed by atoms with Gasteiger partial charge >= 0.3 is 18.0 Å². The Balaban J connectivity index is 1.35. The number of carbonyl (C=O) groups is 7. The average molecular weight is 1070 g/mol. The Hall–Kier alpha value is -4.90. The molecular formula is C43H63N5O24S. The molecular weight excluding hydrogens is 1000 g/mol. The van der Waals surface area contributed by atoms with Gasteiger partial charge < -0.3 is 110 Å². The molecule has 14 N–H and O–H groups in total. The van der Waals surface area contributed by atoms with E-state index in [1.54, 1.807) is 30.3 Å². The Bertz CT molecular complexity index is 2070. The number of ether oxygens (including phenoxy) is 8. The van der Waals surface area contributed by atoms with Gasteiger partial charge in [-0.3, -0.25) is 19.2 Å². The minimum Gasteiger partial charge on any atom is -0.479 e. The number of benzene rings is 1. The van der Waals surface area contributed by atoms with E-state index in [-0.39, 0.29) is 18.8 Å². The minimum absolute atomic E-state index is 0.0817. The topological polar surface area (TPSA) is 436 Å². The molecule has 0 bridgehead atoms. The van der Waals surface area contributed by atoms with Gasteiger partial charge in [-0.1, -0.05) is 25.1 Å². The van der Waals surface area contributed by atoms with E-state index in [0.29, 0.717) is 5.56 Å². The number of thiol groups is 1. The molecule has 0 aliphatic carbocycles. The first-order valence-electron chi connectivity index (χ1n) is 22.9. The molecule has 4 heterocycles. The number of aliphatic hydroxyl groups is 7. The molecule has 21 atom stereocenters. The van der Waals surface area contributed by atoms with Crippen molar-refractivity contribution in [2.24, 2.45) is 5.92 Å². The van der Waals surface area contributed by atoms with Gasteiger partial charge in [-0.15, -0.1) is 0 Å². The van der Waals surface area contributed by atoms with Crippen LogP contribution < -0.4 is 26.6 Å². The fourth-order valence-electron chi connectivity index (χ4n) is 8.47. The van der Waals surface area contributed by atoms with Crippen LogP contribution in [0, 0.1) is 5.92 Å². The van der Waals surface area contributed by atoms with Gasteiger partial charge in [0.2, 0.25) is 17.7 Å². The Morgan fingerprint density at radius 1 is 0.644 bits per heavy atom. The third kappa shape index (κ3) is 14.7. The molecule has 73 heavy (non-hydrogen) atoms. The standard InChI is InChI=1S/C43H63N5O24S/c1-15-25(52)29(56)41(68-31(15)38(60)61)70-33-24(47-18(4)51)40(67-22(27(33)54)13-65-43(64)45-11-10-44-37(59)20(14-73)48-36(58)19-8-6-5-7-9-19)71-34-28(55)30(57)42(72-35(34)39(62)63)69-32-23(46-17(3)50)16(2)66-21(12-49)26(32)53/h5-9,15-16,20-35,40-42,49,52-57,73H,10-14H2,1-4H3,(H,44,59)(H,45,64)(H,46,50)(H,47,51)(H,48,58)(H,60,61)(H,62,63)/t15?,16?,20-,21?,22?,23?,24?,25-,26+,27+,28+,29?,30?,31?,32+,33+,34-,35?,40-,41-,42+/m0/s1. The highest BCUT2D eigenvalue weighted by Gasteiger charge is 2.57. The van der Waals surface area contributed by atoms with Crippen molar-refractivity contribution >= 4 is 54.3 Å². The lowest BCUT2D eigenvalue weighted by molar-refractivity contribution is -0.365. The molecule has 10 unspecified atom stereocenters. The first kappa shape index (κ1) is 59.0. The molecule has 0 spiro atoms. The Morgan fingerprint density at radius 3 is 1.75 bits per heavy atom. The van der Waals surface area contributed by atoms with Crippen molar-refractivity contribution < 1.29 is 117 Å². The highest BCUT2D eigenvalue weighted by Crippen LogP contribution is 2.35. The molecule has 1 aromatic carbocycles. The lowest BCUT2D eigenvalue weighted by atomic mass is 9.90. The molecule has 0 saturated carbocycles. The highest BCUT2D eigenvalue weighted by molar-refractivity contribution is 7.80. The lowest BCUT2D eigenvalue weighted by Crippen LogP contribution is -2.70. The number of alkyl carbamates (subject to hydrolysis) is 1. The summed E-state index contributed by atoms with van der Waals surface area (Å²) in [5.41, 5.74) is 0.296. The number of rotatable bonds is 20. The Kier molecular flexibility index (Phi) is 21.4. The van der Waals surface area contributed by atoms with Crippen molar-refractivity contribution in [1.29, 1.82) is 0 Å². The monoisotopic (exact) mass is 1070 g/mol. The van der Waals surface area contributed by atoms with Crippen LogP contribution in [0.1, 0.15) is 38.1 Å². The van der Waals surface area contributed by atoms with Crippen LogP contribution in [-0.2, 0) is 61.9 Å². The zero-order chi connectivity index (χ0) is 54.0. The first-order valence-corrected chi connectivity index (χ1v) is 23.5. The summed E-state index contributed by atoms with van der Waals surface area (Å²) in [5, 5.41) is 110. The molecule has 410 valence electrons. The number of carboxylic acid groups (broad SMARTS) is 2. The third-order valence-corrected chi connectivity index (χ3v) is 12.7. The molecule has 29 nitrogen and oxygen atoms in total. The predicted octanol–water partition coefficient (Wildman–Crippen LogP) is -6.35. The molecule has 4 aliphatic rings. The van der Waals surface area contributed by atoms with E-state index in [1.807, 2.05) is 0 Å². The number of amides is 5. The summed E-state index contributed by atoms with van der Waals surface area (Å²) in [6.45, 7) is 2.71. The van der Waals surface area contributed by atoms with Crippen molar-refractivity contribution in [3.05, 3.63) is 35.9 Å². The van der Waals surface area contributed by atoms with Crippen LogP contribution in [0.4, 0.5) is 4.79 Å². The fourth-order valence-corrected chi connectivity index (χ4v) is 8.73. The maximum absolute atomic E-state index is 12.9. The number of aliphatic hydroxyl groups excluding tert-OH is 7. The van der Waals surface area contributed by atoms with Gasteiger partial charge in [-0.2, -0.15) is 12.6 Å². The maximum Gasteiger partial charge on any atom is 0.407 e. The number of hydrogen-bond acceptors (Lipinski definition) is 23. The molecule has 0 aromatic heterocycles. The molecule has 5 amide bonds. The average Bonchev–Trinajstić information content (AvgIpc) is 3.34. The third-order valence-electron chi connectivity index (χ3n) is 12.3. The normalized spacial score (nSPS) is 36.9. The van der Waals surface area contributed by atoms with Crippen LogP contribution in [0.5, 0.6) is 0 Å². The smallest absolute Gasteiger partial charge is 0.407 e. The van der Waals surface area contributed by atoms with Crippen LogP contribution in [0.25, 0.3) is 0 Å². The highest BCUT2D eigenvalue weighted by atomic mass is 32.1. The van der Waals surface area contributed by atoms with Gasteiger partial charge in [0.05, 0.1) is 24.9 Å². The summed E-state index contributed by atoms with van der Waals surface area (Å²) in [7, 11) is 0. The molecule has 30 heteroatoms. The summed E-state index contributed by atoms with van der Waals surface area (Å²) in [6, 6.07) is 3.97. The SMILES string of the molecule is CC(=O)NC1C(C)OC(CO)[C@@H](O)[C@@H]1O[C@@H]1OC(C(=O)O)[C@@H](O[C@@H]2OC(COC(=O)NCCNC(=O)[C@H](CS)NC(=O)c3ccccc3)[C@@H](O)[C@H](O[C@@H]3OC(C(=O)O)C(C)[C@H](O)C3O)C2NC(C)=O)[C@H](O)C1O. The zero-order valence-corrected chi connectivity index (χ0v) is 40.5. The van der Waals surface area contributed by atoms with Gasteiger partial charge in [0.25, 0.3) is 5.91 Å². The van der Waals surface area contributed by atoms with Crippen molar-refractivity contribution in [2.75, 3.05) is 32.1 Å². The Labute approximate surface area is 421 Å². The largest absolute Gasteiger partial charge is 0.479 e. The van der Waals surface area contributed by atoms with Gasteiger partial charge in [0.1, 0.15) is 79.7 Å². The minimum atomic E-state index is -2.32. The number of aliphatic carboxylic acids is 2. The lowest BCUT2D eigenvalue weighted by Gasteiger charge is -2.50. The number of nitrogens with one attached hydrogen (secondary N) is 5. The summed E-state index contributed by atoms with van der Waals surface area (Å²) in [4.78, 5) is 88.1. The van der Waals surface area contributed by atoms with Crippen LogP contribution in [0.3, 0.4) is 0 Å². The maximum atomic E-state index is 12.9. The van der Waals surface area contributed by atoms with E-state index in [1.165, 1.54) is 13.8 Å². The summed E-state index contributed by atoms with van der Waals surface area (Å²) < 4.78 is 45.5. The van der Waals surface area contributed by atoms with Crippen LogP contribution in [0.2, 0.25) is 0 Å². The van der Waals surface area contributed by atoms with Crippen molar-refractivity contribution in [3.63, 3.8) is 0 Å². The van der Waals surface area contributed by atoms with Crippen LogP contribution >= 0.6 is 12.6 Å². The second kappa shape index (κ2) is 26.5. The molecule has 4 aliphatic heterocycles. The van der Waals surface area contributed by atoms with Crippen molar-refractivity contribution in [2.45, 2.75) is 150 Å². The molecule has 0 radical (unpaired) electrons. The van der Waals surface area contributed by atoms with E-state index in [9.17, 15) is 79.5 Å². The van der Waals surface area contributed by atoms with Gasteiger partial charge in [0, 0.05) is 44.2 Å². The van der Waals surface area contributed by atoms with E-state index in [0.717, 1.165) is 13.8 Å². The van der Waals surface area contributed by atoms with Gasteiger partial charge in [-0.25, -0.2) is 14.4 Å². The van der Waals surface area contributed by atoms with Crippen LogP contribution in [0.15, 0.2) is 30.3 Å². The van der Waals surface area contributed by atoms with E-state index >= 15 is 0 Å². The number of hydrogen-bond donors (Lipinski definition) is 15. The summed E-state index contributed by atoms with van der Waals surface area (Å²) in [5.74, 6) is -7.42.